The van der Waals surface area contributed by atoms with Crippen molar-refractivity contribution < 1.29 is 9.53 Å². The maximum absolute atomic E-state index is 12.8. The quantitative estimate of drug-likeness (QED) is 0.370. The highest BCUT2D eigenvalue weighted by molar-refractivity contribution is 6.15. The first-order valence-electron chi connectivity index (χ1n) is 8.65. The molecule has 0 aliphatic rings. The molecule has 4 rings (SSSR count). The second-order valence-corrected chi connectivity index (χ2v) is 6.05. The van der Waals surface area contributed by atoms with Crippen LogP contribution in [0.5, 0.6) is 0 Å². The molecule has 0 fully saturated rings. The molecule has 0 aliphatic carbocycles. The van der Waals surface area contributed by atoms with E-state index in [0.717, 1.165) is 10.2 Å². The van der Waals surface area contributed by atoms with Crippen molar-refractivity contribution in [2.24, 2.45) is 0 Å². The number of carbonyl (C=O) groups excluding carboxylic acids is 1. The van der Waals surface area contributed by atoms with Gasteiger partial charge in [0, 0.05) is 0 Å². The van der Waals surface area contributed by atoms with Gasteiger partial charge in [-0.2, -0.15) is 9.36 Å². The fourth-order valence-corrected chi connectivity index (χ4v) is 2.67. The number of esters is 1. The smallest absolute Gasteiger partial charge is 0.358 e. The van der Waals surface area contributed by atoms with Gasteiger partial charge >= 0.3 is 5.97 Å². The van der Waals surface area contributed by atoms with Crippen molar-refractivity contribution in [1.82, 2.24) is 35.2 Å². The summed E-state index contributed by atoms with van der Waals surface area (Å²) in [5.74, 6) is -0.307. The van der Waals surface area contributed by atoms with E-state index in [1.807, 2.05) is 30.3 Å². The van der Waals surface area contributed by atoms with Crippen molar-refractivity contribution in [3.8, 4) is 0 Å². The summed E-state index contributed by atoms with van der Waals surface area (Å²) in [6.45, 7) is 1.26. The number of ether oxygens (including phenoxy) is 1. The normalized spacial score (nSPS) is 11.6. The number of aryl methyl sites for hydroxylation is 1. The van der Waals surface area contributed by atoms with E-state index in [1.54, 1.807) is 37.3 Å². The van der Waals surface area contributed by atoms with Crippen molar-refractivity contribution in [1.29, 1.82) is 0 Å². The zero-order valence-corrected chi connectivity index (χ0v) is 15.3. The Labute approximate surface area is 164 Å². The van der Waals surface area contributed by atoms with E-state index in [1.165, 1.54) is 4.68 Å². The Kier molecular flexibility index (Phi) is 4.89. The first-order chi connectivity index (χ1) is 14.1. The Bertz CT molecular complexity index is 1260. The van der Waals surface area contributed by atoms with Gasteiger partial charge in [0.25, 0.3) is 5.56 Å². The molecular weight excluding hydrogens is 374 g/mol. The van der Waals surface area contributed by atoms with Crippen LogP contribution in [0.15, 0.2) is 59.4 Å². The molecule has 0 atom stereocenters. The lowest BCUT2D eigenvalue weighted by Crippen LogP contribution is -2.27. The minimum atomic E-state index is -0.717. The molecule has 0 spiro atoms. The van der Waals surface area contributed by atoms with E-state index in [4.69, 9.17) is 4.74 Å². The highest BCUT2D eigenvalue weighted by Crippen LogP contribution is 2.14. The third-order valence-corrected chi connectivity index (χ3v) is 4.11. The molecule has 0 aliphatic heterocycles. The van der Waals surface area contributed by atoms with Crippen LogP contribution >= 0.6 is 0 Å². The molecule has 2 aromatic heterocycles. The van der Waals surface area contributed by atoms with Gasteiger partial charge in [-0.15, -0.1) is 10.2 Å². The number of hydrogen-bond acceptors (Lipinski definition) is 8. The molecule has 0 N–H and O–H groups in total. The highest BCUT2D eigenvalue weighted by Gasteiger charge is 2.18. The van der Waals surface area contributed by atoms with E-state index in [9.17, 15) is 9.59 Å². The number of aromatic nitrogens is 7. The van der Waals surface area contributed by atoms with Gasteiger partial charge in [0.05, 0.1) is 5.39 Å². The molecule has 144 valence electrons. The Morgan fingerprint density at radius 3 is 2.55 bits per heavy atom. The third-order valence-electron chi connectivity index (χ3n) is 4.11. The summed E-state index contributed by atoms with van der Waals surface area (Å²) in [6, 6.07) is 16.0. The van der Waals surface area contributed by atoms with E-state index in [0.29, 0.717) is 16.7 Å². The third kappa shape index (κ3) is 3.76. The van der Waals surface area contributed by atoms with Gasteiger partial charge in [0.1, 0.15) is 5.52 Å². The summed E-state index contributed by atoms with van der Waals surface area (Å²) in [7, 11) is 0. The number of benzene rings is 2. The Balaban J connectivity index is 1.63. The second-order valence-electron chi connectivity index (χ2n) is 6.05. The Morgan fingerprint density at radius 2 is 1.79 bits per heavy atom. The highest BCUT2D eigenvalue weighted by atomic mass is 16.5. The summed E-state index contributed by atoms with van der Waals surface area (Å²) in [4.78, 5) is 25.3. The largest absolute Gasteiger partial charge is 0.437 e. The van der Waals surface area contributed by atoms with Crippen LogP contribution in [0.3, 0.4) is 0 Å². The molecule has 0 saturated carbocycles. The van der Waals surface area contributed by atoms with Crippen LogP contribution in [0.4, 0.5) is 0 Å². The number of rotatable bonds is 5. The summed E-state index contributed by atoms with van der Waals surface area (Å²) in [5, 5.41) is 19.4. The van der Waals surface area contributed by atoms with Gasteiger partial charge in [-0.1, -0.05) is 47.7 Å². The van der Waals surface area contributed by atoms with Gasteiger partial charge in [-0.3, -0.25) is 4.79 Å². The number of hydrogen-bond donors (Lipinski definition) is 0. The zero-order chi connectivity index (χ0) is 20.2. The lowest BCUT2D eigenvalue weighted by atomic mass is 10.2. The predicted molar refractivity (Wildman–Crippen MR) is 103 cm³/mol. The maximum atomic E-state index is 12.8. The fraction of sp³-hybridized carbons (Fsp3) is 0.105. The van der Waals surface area contributed by atoms with Crippen molar-refractivity contribution in [2.45, 2.75) is 13.7 Å². The molecule has 0 unspecified atom stereocenters. The van der Waals surface area contributed by atoms with Crippen molar-refractivity contribution in [3.05, 3.63) is 76.3 Å². The average molecular weight is 389 g/mol. The molecule has 0 bridgehead atoms. The number of tetrazole rings is 1. The zero-order valence-electron chi connectivity index (χ0n) is 15.3. The standard InChI is InChI=1S/C19H15N7O3/c1-13-20-22-24-26(13)17(11-14-7-3-2-4-8-14)19(28)29-12-25-18(27)15-9-5-6-10-16(15)21-23-25/h2-11H,12H2,1H3/b17-11-. The summed E-state index contributed by atoms with van der Waals surface area (Å²) in [5.41, 5.74) is 0.919. The van der Waals surface area contributed by atoms with Crippen LogP contribution in [0.2, 0.25) is 0 Å². The molecule has 10 heteroatoms. The van der Waals surface area contributed by atoms with Crippen LogP contribution in [0.1, 0.15) is 11.4 Å². The molecule has 4 aromatic rings. The van der Waals surface area contributed by atoms with Gasteiger partial charge in [-0.25, -0.2) is 4.79 Å². The van der Waals surface area contributed by atoms with Crippen molar-refractivity contribution >= 4 is 28.6 Å². The van der Waals surface area contributed by atoms with Gasteiger partial charge < -0.3 is 4.74 Å². The molecule has 0 amide bonds. The first kappa shape index (κ1) is 18.2. The van der Waals surface area contributed by atoms with Crippen LogP contribution in [-0.2, 0) is 16.3 Å². The van der Waals surface area contributed by atoms with Gasteiger partial charge in [-0.05, 0) is 41.1 Å². The summed E-state index contributed by atoms with van der Waals surface area (Å²) < 4.78 is 7.55. The van der Waals surface area contributed by atoms with Gasteiger partial charge in [0.15, 0.2) is 18.3 Å². The second kappa shape index (κ2) is 7.80. The first-order valence-corrected chi connectivity index (χ1v) is 8.65. The van der Waals surface area contributed by atoms with Crippen LogP contribution in [0, 0.1) is 6.92 Å². The van der Waals surface area contributed by atoms with E-state index in [-0.39, 0.29) is 5.70 Å². The van der Waals surface area contributed by atoms with Crippen molar-refractivity contribution in [2.75, 3.05) is 0 Å². The van der Waals surface area contributed by atoms with E-state index < -0.39 is 18.3 Å². The lowest BCUT2D eigenvalue weighted by molar-refractivity contribution is -0.141. The average Bonchev–Trinajstić information content (AvgIpc) is 3.18. The Hall–Kier alpha value is -4.21. The molecule has 10 nitrogen and oxygen atoms in total. The minimum Gasteiger partial charge on any atom is -0.437 e. The van der Waals surface area contributed by atoms with E-state index in [2.05, 4.69) is 25.8 Å². The molecule has 0 saturated heterocycles. The predicted octanol–water partition coefficient (Wildman–Crippen LogP) is 1.29. The molecular formula is C19H15N7O3. The monoisotopic (exact) mass is 389 g/mol. The van der Waals surface area contributed by atoms with Crippen LogP contribution in [0.25, 0.3) is 22.7 Å². The Morgan fingerprint density at radius 1 is 1.03 bits per heavy atom. The van der Waals surface area contributed by atoms with Gasteiger partial charge in [0.2, 0.25) is 0 Å². The molecule has 0 radical (unpaired) electrons. The van der Waals surface area contributed by atoms with Crippen LogP contribution < -0.4 is 5.56 Å². The van der Waals surface area contributed by atoms with Crippen molar-refractivity contribution in [3.63, 3.8) is 0 Å². The summed E-state index contributed by atoms with van der Waals surface area (Å²) >= 11 is 0. The number of fused-ring (bicyclic) bond motifs is 1. The van der Waals surface area contributed by atoms with Crippen LogP contribution in [-0.4, -0.2) is 41.2 Å². The molecule has 29 heavy (non-hydrogen) atoms. The SMILES string of the molecule is Cc1nnnn1/C(=C\c1ccccc1)C(=O)OCn1nnc2ccccc2c1=O. The fourth-order valence-electron chi connectivity index (χ4n) is 2.67. The number of carbonyl (C=O) groups is 1. The minimum absolute atomic E-state index is 0.0977. The molecule has 2 heterocycles. The molecule has 2 aromatic carbocycles. The topological polar surface area (TPSA) is 118 Å². The number of nitrogens with zero attached hydrogens (tertiary/aromatic N) is 7. The van der Waals surface area contributed by atoms with E-state index >= 15 is 0 Å². The summed E-state index contributed by atoms with van der Waals surface area (Å²) in [6.07, 6.45) is 1.60. The maximum Gasteiger partial charge on any atom is 0.358 e. The lowest BCUT2D eigenvalue weighted by Gasteiger charge is -2.10.